The molecular formula is C29H45NO6. The summed E-state index contributed by atoms with van der Waals surface area (Å²) in [6.45, 7) is 13.5. The monoisotopic (exact) mass is 503 g/mol. The number of fused-ring (bicyclic) bond motifs is 1. The van der Waals surface area contributed by atoms with Crippen LogP contribution in [0.15, 0.2) is 18.2 Å². The lowest BCUT2D eigenvalue weighted by molar-refractivity contribution is -0.157. The Balaban J connectivity index is 2.12. The van der Waals surface area contributed by atoms with Crippen molar-refractivity contribution >= 4 is 18.0 Å². The van der Waals surface area contributed by atoms with Crippen LogP contribution in [0.3, 0.4) is 0 Å². The first-order valence-electron chi connectivity index (χ1n) is 13.5. The van der Waals surface area contributed by atoms with E-state index in [9.17, 15) is 14.4 Å². The fourth-order valence-electron chi connectivity index (χ4n) is 5.75. The zero-order chi connectivity index (χ0) is 26.9. The molecule has 36 heavy (non-hydrogen) atoms. The number of carbonyl (C=O) groups excluding carboxylic acids is 3. The van der Waals surface area contributed by atoms with Gasteiger partial charge in [-0.1, -0.05) is 73.3 Å². The molecule has 0 saturated carbocycles. The van der Waals surface area contributed by atoms with E-state index in [-0.39, 0.29) is 17.2 Å². The molecule has 1 N–H and O–H groups in total. The van der Waals surface area contributed by atoms with Crippen molar-refractivity contribution in [2.24, 2.45) is 17.8 Å². The molecule has 1 aromatic carbocycles. The largest absolute Gasteiger partial charge is 0.516 e. The molecule has 0 spiro atoms. The molecule has 4 atom stereocenters. The number of amides is 1. The number of hydrogen-bond donors (Lipinski definition) is 1. The van der Waals surface area contributed by atoms with Crippen molar-refractivity contribution in [3.8, 4) is 5.75 Å². The molecule has 7 nitrogen and oxygen atoms in total. The van der Waals surface area contributed by atoms with Crippen LogP contribution in [-0.4, -0.2) is 30.9 Å². The molecule has 1 unspecified atom stereocenters. The number of carbonyl (C=O) groups is 3. The van der Waals surface area contributed by atoms with Crippen LogP contribution < -0.4 is 10.1 Å². The van der Waals surface area contributed by atoms with Gasteiger partial charge in [0, 0.05) is 6.92 Å². The number of hydrogen-bond acceptors (Lipinski definition) is 6. The van der Waals surface area contributed by atoms with Gasteiger partial charge in [-0.3, -0.25) is 4.79 Å². The zero-order valence-electron chi connectivity index (χ0n) is 23.1. The van der Waals surface area contributed by atoms with E-state index < -0.39 is 25.0 Å². The molecule has 202 valence electrons. The molecular weight excluding hydrogens is 458 g/mol. The van der Waals surface area contributed by atoms with Gasteiger partial charge in [-0.2, -0.15) is 0 Å². The first-order valence-corrected chi connectivity index (χ1v) is 13.5. The molecule has 1 aromatic rings. The second-order valence-electron chi connectivity index (χ2n) is 10.5. The van der Waals surface area contributed by atoms with E-state index in [1.165, 1.54) is 30.9 Å². The lowest BCUT2D eigenvalue weighted by atomic mass is 9.56. The Morgan fingerprint density at radius 3 is 2.42 bits per heavy atom. The third-order valence-corrected chi connectivity index (χ3v) is 7.80. The Hall–Kier alpha value is -2.57. The van der Waals surface area contributed by atoms with Crippen LogP contribution in [0.5, 0.6) is 5.75 Å². The molecule has 0 aliphatic heterocycles. The molecule has 0 fully saturated rings. The quantitative estimate of drug-likeness (QED) is 0.204. The topological polar surface area (TPSA) is 90.9 Å². The molecule has 1 aliphatic rings. The van der Waals surface area contributed by atoms with E-state index in [1.54, 1.807) is 13.8 Å². The van der Waals surface area contributed by atoms with Gasteiger partial charge in [-0.05, 0) is 65.7 Å². The van der Waals surface area contributed by atoms with Crippen LogP contribution >= 0.6 is 0 Å². The molecule has 0 aromatic heterocycles. The SMILES string of the molecule is CCCC[C@@]1(CC)c2cc(OC(=O)OCOC(=O)C(NC(C)=O)C(C)C)ccc2C[C@H](CCC)[C@H]1C. The maximum Gasteiger partial charge on any atom is 0.516 e. The van der Waals surface area contributed by atoms with Crippen molar-refractivity contribution in [2.45, 2.75) is 105 Å². The summed E-state index contributed by atoms with van der Waals surface area (Å²) in [5, 5.41) is 2.54. The Labute approximate surface area is 216 Å². The molecule has 0 saturated heterocycles. The fourth-order valence-corrected chi connectivity index (χ4v) is 5.75. The summed E-state index contributed by atoms with van der Waals surface area (Å²) < 4.78 is 15.5. The van der Waals surface area contributed by atoms with Crippen LogP contribution in [0.2, 0.25) is 0 Å². The minimum absolute atomic E-state index is 0.0534. The summed E-state index contributed by atoms with van der Waals surface area (Å²) in [6.07, 6.45) is 6.96. The number of benzene rings is 1. The standard InChI is InChI=1S/C29H45NO6/c1-8-11-15-29(10-3)20(6)22(12-9-2)16-23-13-14-24(17-25(23)29)36-28(33)35-18-34-27(32)26(19(4)5)30-21(7)31/h13-14,17,19-20,22,26H,8-12,15-16,18H2,1-7H3,(H,30,31)/t20-,22+,26?,29-/m1/s1. The predicted molar refractivity (Wildman–Crippen MR) is 140 cm³/mol. The third-order valence-electron chi connectivity index (χ3n) is 7.80. The number of ether oxygens (including phenoxy) is 3. The van der Waals surface area contributed by atoms with Crippen molar-refractivity contribution in [1.29, 1.82) is 0 Å². The lowest BCUT2D eigenvalue weighted by Gasteiger charge is -2.48. The van der Waals surface area contributed by atoms with Gasteiger partial charge in [0.25, 0.3) is 0 Å². The van der Waals surface area contributed by atoms with Gasteiger partial charge >= 0.3 is 12.1 Å². The van der Waals surface area contributed by atoms with E-state index in [0.717, 1.165) is 32.1 Å². The van der Waals surface area contributed by atoms with Crippen LogP contribution in [0.1, 0.15) is 98.1 Å². The van der Waals surface area contributed by atoms with Crippen molar-refractivity contribution in [3.05, 3.63) is 29.3 Å². The smallest absolute Gasteiger partial charge is 0.426 e. The average Bonchev–Trinajstić information content (AvgIpc) is 2.83. The van der Waals surface area contributed by atoms with Crippen LogP contribution in [0.25, 0.3) is 0 Å². The second-order valence-corrected chi connectivity index (χ2v) is 10.5. The summed E-state index contributed by atoms with van der Waals surface area (Å²) >= 11 is 0. The maximum absolute atomic E-state index is 12.3. The van der Waals surface area contributed by atoms with Gasteiger partial charge in [-0.25, -0.2) is 9.59 Å². The summed E-state index contributed by atoms with van der Waals surface area (Å²) in [5.41, 5.74) is 2.68. The highest BCUT2D eigenvalue weighted by Crippen LogP contribution is 2.51. The minimum Gasteiger partial charge on any atom is -0.426 e. The number of nitrogens with one attached hydrogen (secondary N) is 1. The van der Waals surface area contributed by atoms with Gasteiger partial charge in [0.15, 0.2) is 0 Å². The summed E-state index contributed by atoms with van der Waals surface area (Å²) in [7, 11) is 0. The van der Waals surface area contributed by atoms with E-state index in [0.29, 0.717) is 17.6 Å². The first kappa shape index (κ1) is 29.7. The zero-order valence-corrected chi connectivity index (χ0v) is 23.1. The predicted octanol–water partition coefficient (Wildman–Crippen LogP) is 6.31. The van der Waals surface area contributed by atoms with E-state index in [2.05, 4.69) is 39.1 Å². The minimum atomic E-state index is -0.938. The molecule has 0 bridgehead atoms. The normalized spacial score (nSPS) is 21.9. The molecule has 0 heterocycles. The van der Waals surface area contributed by atoms with Gasteiger partial charge in [0.05, 0.1) is 0 Å². The van der Waals surface area contributed by atoms with Crippen molar-refractivity contribution in [1.82, 2.24) is 5.32 Å². The van der Waals surface area contributed by atoms with Crippen molar-refractivity contribution in [3.63, 3.8) is 0 Å². The number of esters is 1. The summed E-state index contributed by atoms with van der Waals surface area (Å²) in [4.78, 5) is 35.9. The first-order chi connectivity index (χ1) is 17.1. The molecule has 2 rings (SSSR count). The van der Waals surface area contributed by atoms with Crippen LogP contribution in [0.4, 0.5) is 4.79 Å². The van der Waals surface area contributed by atoms with Crippen molar-refractivity contribution in [2.75, 3.05) is 6.79 Å². The summed E-state index contributed by atoms with van der Waals surface area (Å²) in [6, 6.07) is 5.10. The van der Waals surface area contributed by atoms with Crippen LogP contribution in [-0.2, 0) is 30.9 Å². The Bertz CT molecular complexity index is 898. The average molecular weight is 504 g/mol. The van der Waals surface area contributed by atoms with Crippen molar-refractivity contribution < 1.29 is 28.6 Å². The van der Waals surface area contributed by atoms with E-state index in [1.807, 2.05) is 12.1 Å². The van der Waals surface area contributed by atoms with Gasteiger partial charge in [0.2, 0.25) is 12.7 Å². The van der Waals surface area contributed by atoms with Gasteiger partial charge < -0.3 is 19.5 Å². The lowest BCUT2D eigenvalue weighted by Crippen LogP contribution is -2.44. The van der Waals surface area contributed by atoms with Gasteiger partial charge in [-0.15, -0.1) is 0 Å². The van der Waals surface area contributed by atoms with E-state index in [4.69, 9.17) is 14.2 Å². The highest BCUT2D eigenvalue weighted by Gasteiger charge is 2.44. The number of rotatable bonds is 12. The molecule has 7 heteroatoms. The van der Waals surface area contributed by atoms with Gasteiger partial charge in [0.1, 0.15) is 11.8 Å². The fraction of sp³-hybridized carbons (Fsp3) is 0.690. The maximum atomic E-state index is 12.3. The Morgan fingerprint density at radius 2 is 1.83 bits per heavy atom. The Morgan fingerprint density at radius 1 is 1.11 bits per heavy atom. The molecule has 1 aliphatic carbocycles. The highest BCUT2D eigenvalue weighted by molar-refractivity contribution is 5.83. The van der Waals surface area contributed by atoms with E-state index >= 15 is 0 Å². The third kappa shape index (κ3) is 7.23. The second kappa shape index (κ2) is 13.7. The summed E-state index contributed by atoms with van der Waals surface area (Å²) in [5.74, 6) is 0.448. The van der Waals surface area contributed by atoms with Crippen LogP contribution in [0, 0.1) is 17.8 Å². The molecule has 1 amide bonds. The number of unbranched alkanes of at least 4 members (excludes halogenated alkanes) is 1. The Kier molecular flexibility index (Phi) is 11.3. The highest BCUT2D eigenvalue weighted by atomic mass is 16.8. The molecule has 0 radical (unpaired) electrons.